The summed E-state index contributed by atoms with van der Waals surface area (Å²) in [5.41, 5.74) is 0. The molecule has 3 heteroatoms. The van der Waals surface area contributed by atoms with E-state index in [1.165, 1.54) is 32.1 Å². The van der Waals surface area contributed by atoms with Crippen molar-refractivity contribution in [2.75, 3.05) is 24.6 Å². The number of amides is 1. The third-order valence-electron chi connectivity index (χ3n) is 3.55. The van der Waals surface area contributed by atoms with Crippen molar-refractivity contribution in [1.29, 1.82) is 0 Å². The summed E-state index contributed by atoms with van der Waals surface area (Å²) in [5, 5.41) is 0. The van der Waals surface area contributed by atoms with Crippen molar-refractivity contribution in [3.8, 4) is 0 Å². The van der Waals surface area contributed by atoms with Gasteiger partial charge >= 0.3 is 0 Å². The Morgan fingerprint density at radius 2 is 1.80 bits per heavy atom. The van der Waals surface area contributed by atoms with E-state index in [4.69, 9.17) is 0 Å². The minimum Gasteiger partial charge on any atom is -0.341 e. The molecule has 1 aliphatic carbocycles. The topological polar surface area (TPSA) is 20.3 Å². The third-order valence-corrected chi connectivity index (χ3v) is 4.49. The van der Waals surface area contributed by atoms with E-state index in [-0.39, 0.29) is 0 Å². The molecule has 2 aliphatic rings. The largest absolute Gasteiger partial charge is 0.341 e. The van der Waals surface area contributed by atoms with Gasteiger partial charge in [-0.2, -0.15) is 11.8 Å². The molecule has 2 rings (SSSR count). The van der Waals surface area contributed by atoms with Crippen LogP contribution < -0.4 is 0 Å². The van der Waals surface area contributed by atoms with Crippen molar-refractivity contribution in [2.45, 2.75) is 38.5 Å². The smallest absolute Gasteiger partial charge is 0.222 e. The van der Waals surface area contributed by atoms with Crippen molar-refractivity contribution in [3.63, 3.8) is 0 Å². The fourth-order valence-corrected chi connectivity index (χ4v) is 3.48. The summed E-state index contributed by atoms with van der Waals surface area (Å²) in [6, 6.07) is 0. The molecule has 1 amide bonds. The maximum absolute atomic E-state index is 12.0. The summed E-state index contributed by atoms with van der Waals surface area (Å²) in [6.45, 7) is 1.96. The van der Waals surface area contributed by atoms with E-state index in [9.17, 15) is 4.79 Å². The Labute approximate surface area is 96.8 Å². The normalized spacial score (nSPS) is 24.1. The maximum atomic E-state index is 12.0. The van der Waals surface area contributed by atoms with Crippen LogP contribution in [0.3, 0.4) is 0 Å². The Hall–Kier alpha value is -0.180. The molecule has 0 spiro atoms. The highest BCUT2D eigenvalue weighted by Crippen LogP contribution is 2.27. The molecule has 1 saturated heterocycles. The molecule has 0 aromatic heterocycles. The van der Waals surface area contributed by atoms with E-state index in [1.54, 1.807) is 0 Å². The van der Waals surface area contributed by atoms with E-state index in [0.29, 0.717) is 11.8 Å². The van der Waals surface area contributed by atoms with Crippen LogP contribution >= 0.6 is 11.8 Å². The predicted octanol–water partition coefficient (Wildman–Crippen LogP) is 2.53. The van der Waals surface area contributed by atoms with Crippen molar-refractivity contribution in [2.24, 2.45) is 5.92 Å². The zero-order chi connectivity index (χ0) is 10.5. The molecule has 0 unspecified atom stereocenters. The fraction of sp³-hybridized carbons (Fsp3) is 0.917. The first kappa shape index (κ1) is 11.3. The summed E-state index contributed by atoms with van der Waals surface area (Å²) in [4.78, 5) is 14.1. The third kappa shape index (κ3) is 3.40. The molecule has 0 atom stereocenters. The number of hydrogen-bond acceptors (Lipinski definition) is 2. The summed E-state index contributed by atoms with van der Waals surface area (Å²) < 4.78 is 0. The van der Waals surface area contributed by atoms with Gasteiger partial charge in [0, 0.05) is 31.0 Å². The molecule has 1 heterocycles. The summed E-state index contributed by atoms with van der Waals surface area (Å²) in [6.07, 6.45) is 7.46. The molecular weight excluding hydrogens is 206 g/mol. The monoisotopic (exact) mass is 227 g/mol. The minimum absolute atomic E-state index is 0.419. The Morgan fingerprint density at radius 3 is 2.47 bits per heavy atom. The van der Waals surface area contributed by atoms with Crippen molar-refractivity contribution >= 4 is 17.7 Å². The molecule has 86 valence electrons. The van der Waals surface area contributed by atoms with Gasteiger partial charge in [-0.1, -0.05) is 19.3 Å². The molecule has 15 heavy (non-hydrogen) atoms. The number of rotatable bonds is 2. The van der Waals surface area contributed by atoms with Gasteiger partial charge in [0.15, 0.2) is 0 Å². The highest BCUT2D eigenvalue weighted by molar-refractivity contribution is 7.99. The first-order valence-corrected chi connectivity index (χ1v) is 7.37. The zero-order valence-corrected chi connectivity index (χ0v) is 10.2. The van der Waals surface area contributed by atoms with Gasteiger partial charge in [-0.15, -0.1) is 0 Å². The van der Waals surface area contributed by atoms with E-state index in [0.717, 1.165) is 31.0 Å². The SMILES string of the molecule is O=C(CC1CCCCC1)N1CCSCC1. The molecule has 1 saturated carbocycles. The molecule has 0 bridgehead atoms. The lowest BCUT2D eigenvalue weighted by Crippen LogP contribution is -2.38. The number of carbonyl (C=O) groups is 1. The van der Waals surface area contributed by atoms with Crippen LogP contribution in [0.15, 0.2) is 0 Å². The van der Waals surface area contributed by atoms with Gasteiger partial charge in [0.05, 0.1) is 0 Å². The van der Waals surface area contributed by atoms with Crippen LogP contribution in [0.25, 0.3) is 0 Å². The summed E-state index contributed by atoms with van der Waals surface area (Å²) in [7, 11) is 0. The Bertz CT molecular complexity index is 208. The Morgan fingerprint density at radius 1 is 1.13 bits per heavy atom. The van der Waals surface area contributed by atoms with Gasteiger partial charge in [0.1, 0.15) is 0 Å². The lowest BCUT2D eigenvalue weighted by atomic mass is 9.86. The van der Waals surface area contributed by atoms with Crippen LogP contribution in [0.5, 0.6) is 0 Å². The van der Waals surface area contributed by atoms with Gasteiger partial charge < -0.3 is 4.90 Å². The number of hydrogen-bond donors (Lipinski definition) is 0. The van der Waals surface area contributed by atoms with E-state index >= 15 is 0 Å². The molecule has 1 aliphatic heterocycles. The van der Waals surface area contributed by atoms with Crippen molar-refractivity contribution < 1.29 is 4.79 Å². The molecule has 0 aromatic rings. The van der Waals surface area contributed by atoms with Gasteiger partial charge in [-0.25, -0.2) is 0 Å². The summed E-state index contributed by atoms with van der Waals surface area (Å²) in [5.74, 6) is 3.38. The second-order valence-electron chi connectivity index (χ2n) is 4.70. The quantitative estimate of drug-likeness (QED) is 0.722. The highest BCUT2D eigenvalue weighted by Gasteiger charge is 2.21. The van der Waals surface area contributed by atoms with Crippen LogP contribution in [-0.2, 0) is 4.79 Å². The van der Waals surface area contributed by atoms with Crippen LogP contribution in [-0.4, -0.2) is 35.4 Å². The lowest BCUT2D eigenvalue weighted by molar-refractivity contribution is -0.132. The molecule has 0 radical (unpaired) electrons. The molecule has 2 nitrogen and oxygen atoms in total. The molecule has 2 fully saturated rings. The Balaban J connectivity index is 1.74. The average molecular weight is 227 g/mol. The van der Waals surface area contributed by atoms with Crippen molar-refractivity contribution in [1.82, 2.24) is 4.90 Å². The maximum Gasteiger partial charge on any atom is 0.222 e. The predicted molar refractivity (Wildman–Crippen MR) is 65.1 cm³/mol. The van der Waals surface area contributed by atoms with E-state index in [1.807, 2.05) is 11.8 Å². The van der Waals surface area contributed by atoms with Gasteiger partial charge in [0.2, 0.25) is 5.91 Å². The van der Waals surface area contributed by atoms with Gasteiger partial charge in [-0.3, -0.25) is 4.79 Å². The molecule has 0 aromatic carbocycles. The standard InChI is InChI=1S/C12H21NOS/c14-12(13-6-8-15-9-7-13)10-11-4-2-1-3-5-11/h11H,1-10H2. The first-order chi connectivity index (χ1) is 7.36. The number of thioether (sulfide) groups is 1. The van der Waals surface area contributed by atoms with Gasteiger partial charge in [-0.05, 0) is 18.8 Å². The van der Waals surface area contributed by atoms with Gasteiger partial charge in [0.25, 0.3) is 0 Å². The lowest BCUT2D eigenvalue weighted by Gasteiger charge is -2.29. The van der Waals surface area contributed by atoms with Crippen LogP contribution in [0.1, 0.15) is 38.5 Å². The van der Waals surface area contributed by atoms with Crippen LogP contribution in [0.2, 0.25) is 0 Å². The van der Waals surface area contributed by atoms with Crippen LogP contribution in [0.4, 0.5) is 0 Å². The highest BCUT2D eigenvalue weighted by atomic mass is 32.2. The zero-order valence-electron chi connectivity index (χ0n) is 9.41. The van der Waals surface area contributed by atoms with E-state index in [2.05, 4.69) is 4.90 Å². The summed E-state index contributed by atoms with van der Waals surface area (Å²) >= 11 is 1.97. The molecular formula is C12H21NOS. The van der Waals surface area contributed by atoms with E-state index < -0.39 is 0 Å². The van der Waals surface area contributed by atoms with Crippen LogP contribution in [0, 0.1) is 5.92 Å². The average Bonchev–Trinajstić information content (AvgIpc) is 2.31. The Kier molecular flexibility index (Phi) is 4.36. The number of nitrogens with zero attached hydrogens (tertiary/aromatic N) is 1. The second kappa shape index (κ2) is 5.78. The first-order valence-electron chi connectivity index (χ1n) is 6.22. The molecule has 0 N–H and O–H groups in total. The fourth-order valence-electron chi connectivity index (χ4n) is 2.58. The van der Waals surface area contributed by atoms with Crippen molar-refractivity contribution in [3.05, 3.63) is 0 Å². The number of carbonyl (C=O) groups excluding carboxylic acids is 1. The minimum atomic E-state index is 0.419. The second-order valence-corrected chi connectivity index (χ2v) is 5.93.